The Bertz CT molecular complexity index is 1240. The van der Waals surface area contributed by atoms with Crippen LogP contribution in [0.2, 0.25) is 5.02 Å². The molecule has 3 unspecified atom stereocenters. The van der Waals surface area contributed by atoms with E-state index in [9.17, 15) is 23.9 Å². The molecular formula is C24H25ClFN3O4. The number of hydrogen-bond donors (Lipinski definition) is 1. The lowest BCUT2D eigenvalue weighted by Crippen LogP contribution is -2.40. The Balaban J connectivity index is 1.49. The van der Waals surface area contributed by atoms with E-state index in [0.29, 0.717) is 42.3 Å². The predicted octanol–water partition coefficient (Wildman–Crippen LogP) is 3.57. The summed E-state index contributed by atoms with van der Waals surface area (Å²) in [6.45, 7) is 2.63. The van der Waals surface area contributed by atoms with Crippen molar-refractivity contribution in [1.29, 1.82) is 0 Å². The SMILES string of the molecule is CC1CC1CCC1N(C)C(=O)c2c3c(c(O)c(=O)n21)C(=O)N(Cc1ccc(F)c(Cl)c1)CC3. The maximum absolute atomic E-state index is 13.5. The second kappa shape index (κ2) is 7.87. The van der Waals surface area contributed by atoms with Crippen LogP contribution in [-0.2, 0) is 13.0 Å². The lowest BCUT2D eigenvalue weighted by Gasteiger charge is -2.30. The van der Waals surface area contributed by atoms with Gasteiger partial charge in [-0.2, -0.15) is 0 Å². The molecule has 1 aromatic heterocycles. The van der Waals surface area contributed by atoms with Crippen molar-refractivity contribution in [2.24, 2.45) is 11.8 Å². The van der Waals surface area contributed by atoms with Crippen molar-refractivity contribution >= 4 is 23.4 Å². The summed E-state index contributed by atoms with van der Waals surface area (Å²) in [5.41, 5.74) is 0.437. The molecule has 1 saturated carbocycles. The molecule has 0 saturated heterocycles. The summed E-state index contributed by atoms with van der Waals surface area (Å²) in [6, 6.07) is 4.21. The molecular weight excluding hydrogens is 449 g/mol. The van der Waals surface area contributed by atoms with Gasteiger partial charge in [-0.3, -0.25) is 19.0 Å². The molecule has 2 aliphatic heterocycles. The van der Waals surface area contributed by atoms with E-state index in [1.165, 1.54) is 27.7 Å². The number of nitrogens with zero attached hydrogens (tertiary/aromatic N) is 3. The molecule has 5 rings (SSSR count). The zero-order valence-corrected chi connectivity index (χ0v) is 19.2. The zero-order chi connectivity index (χ0) is 23.6. The van der Waals surface area contributed by atoms with Gasteiger partial charge >= 0.3 is 0 Å². The van der Waals surface area contributed by atoms with Crippen molar-refractivity contribution in [2.45, 2.75) is 45.3 Å². The van der Waals surface area contributed by atoms with Crippen LogP contribution >= 0.6 is 11.6 Å². The summed E-state index contributed by atoms with van der Waals surface area (Å²) in [7, 11) is 1.66. The van der Waals surface area contributed by atoms with Crippen LogP contribution in [0.25, 0.3) is 0 Å². The second-order valence-electron chi connectivity index (χ2n) is 9.40. The first-order valence-corrected chi connectivity index (χ1v) is 11.6. The van der Waals surface area contributed by atoms with Gasteiger partial charge in [0.25, 0.3) is 17.4 Å². The third-order valence-electron chi connectivity index (χ3n) is 7.32. The highest BCUT2D eigenvalue weighted by Crippen LogP contribution is 2.44. The van der Waals surface area contributed by atoms with Gasteiger partial charge in [0.2, 0.25) is 0 Å². The molecule has 0 spiro atoms. The standard InChI is InChI=1S/C24H25ClFN3O4/c1-12-9-14(12)4-6-18-27(2)23(32)20-15-7-8-28(11-13-3-5-17(26)16(25)10-13)22(31)19(15)21(30)24(33)29(18)20/h3,5,10,12,14,18,30H,4,6-9,11H2,1-2H3. The minimum absolute atomic E-state index is 0.0449. The van der Waals surface area contributed by atoms with Gasteiger partial charge in [-0.1, -0.05) is 24.6 Å². The molecule has 0 bridgehead atoms. The number of aromatic nitrogens is 1. The quantitative estimate of drug-likeness (QED) is 0.719. The molecule has 1 N–H and O–H groups in total. The molecule has 1 aliphatic carbocycles. The normalized spacial score (nSPS) is 23.7. The first-order valence-electron chi connectivity index (χ1n) is 11.2. The molecule has 2 amide bonds. The van der Waals surface area contributed by atoms with Crippen LogP contribution in [0.4, 0.5) is 4.39 Å². The number of aromatic hydroxyl groups is 1. The highest BCUT2D eigenvalue weighted by molar-refractivity contribution is 6.30. The predicted molar refractivity (Wildman–Crippen MR) is 120 cm³/mol. The lowest BCUT2D eigenvalue weighted by atomic mass is 9.95. The molecule has 3 atom stereocenters. The first kappa shape index (κ1) is 21.9. The topological polar surface area (TPSA) is 82.9 Å². The maximum atomic E-state index is 13.5. The van der Waals surface area contributed by atoms with E-state index >= 15 is 0 Å². The van der Waals surface area contributed by atoms with Crippen LogP contribution in [0.3, 0.4) is 0 Å². The summed E-state index contributed by atoms with van der Waals surface area (Å²) in [6.07, 6.45) is 2.56. The number of benzene rings is 1. The number of amides is 2. The van der Waals surface area contributed by atoms with E-state index in [1.54, 1.807) is 11.9 Å². The van der Waals surface area contributed by atoms with Gasteiger partial charge < -0.3 is 14.9 Å². The first-order chi connectivity index (χ1) is 15.7. The molecule has 1 aromatic carbocycles. The number of carbonyl (C=O) groups excluding carboxylic acids is 2. The Labute approximate surface area is 195 Å². The zero-order valence-electron chi connectivity index (χ0n) is 18.5. The Hall–Kier alpha value is -2.87. The maximum Gasteiger partial charge on any atom is 0.295 e. The summed E-state index contributed by atoms with van der Waals surface area (Å²) >= 11 is 5.85. The van der Waals surface area contributed by atoms with Crippen molar-refractivity contribution in [1.82, 2.24) is 14.4 Å². The average molecular weight is 474 g/mol. The molecule has 0 radical (unpaired) electrons. The number of carbonyl (C=O) groups is 2. The number of halogens is 2. The Kier molecular flexibility index (Phi) is 5.23. The molecule has 1 fully saturated rings. The third kappa shape index (κ3) is 3.51. The fraction of sp³-hybridized carbons (Fsp3) is 0.458. The number of pyridine rings is 1. The largest absolute Gasteiger partial charge is 0.502 e. The third-order valence-corrected chi connectivity index (χ3v) is 7.61. The summed E-state index contributed by atoms with van der Waals surface area (Å²) in [5.74, 6) is -0.724. The smallest absolute Gasteiger partial charge is 0.295 e. The van der Waals surface area contributed by atoms with E-state index in [1.807, 2.05) is 0 Å². The van der Waals surface area contributed by atoms with Crippen LogP contribution < -0.4 is 5.56 Å². The van der Waals surface area contributed by atoms with Gasteiger partial charge in [0.15, 0.2) is 5.75 Å². The minimum atomic E-state index is -0.713. The van der Waals surface area contributed by atoms with Gasteiger partial charge in [-0.25, -0.2) is 4.39 Å². The van der Waals surface area contributed by atoms with Crippen LogP contribution in [0, 0.1) is 17.7 Å². The Morgan fingerprint density at radius 1 is 1.18 bits per heavy atom. The van der Waals surface area contributed by atoms with Crippen LogP contribution in [0.15, 0.2) is 23.0 Å². The fourth-order valence-electron chi connectivity index (χ4n) is 5.20. The lowest BCUT2D eigenvalue weighted by molar-refractivity contribution is 0.0722. The Morgan fingerprint density at radius 3 is 2.58 bits per heavy atom. The highest BCUT2D eigenvalue weighted by atomic mass is 35.5. The van der Waals surface area contributed by atoms with Gasteiger partial charge in [0.1, 0.15) is 17.7 Å². The van der Waals surface area contributed by atoms with Gasteiger partial charge in [0.05, 0.1) is 10.6 Å². The molecule has 9 heteroatoms. The number of hydrogen-bond acceptors (Lipinski definition) is 4. The fourth-order valence-corrected chi connectivity index (χ4v) is 5.40. The van der Waals surface area contributed by atoms with Crippen molar-refractivity contribution in [2.75, 3.05) is 13.6 Å². The van der Waals surface area contributed by atoms with E-state index in [0.717, 1.165) is 12.8 Å². The molecule has 3 heterocycles. The number of fused-ring (bicyclic) bond motifs is 3. The molecule has 33 heavy (non-hydrogen) atoms. The van der Waals surface area contributed by atoms with Gasteiger partial charge in [-0.15, -0.1) is 0 Å². The van der Waals surface area contributed by atoms with Crippen LogP contribution in [0.1, 0.15) is 64.3 Å². The van der Waals surface area contributed by atoms with Gasteiger partial charge in [-0.05, 0) is 55.2 Å². The van der Waals surface area contributed by atoms with E-state index in [2.05, 4.69) is 6.92 Å². The van der Waals surface area contributed by atoms with Crippen LogP contribution in [0.5, 0.6) is 5.75 Å². The highest BCUT2D eigenvalue weighted by Gasteiger charge is 2.43. The number of rotatable bonds is 5. The molecule has 2 aromatic rings. The van der Waals surface area contributed by atoms with Gasteiger partial charge in [0, 0.05) is 25.7 Å². The van der Waals surface area contributed by atoms with E-state index in [-0.39, 0.29) is 28.7 Å². The minimum Gasteiger partial charge on any atom is -0.502 e. The summed E-state index contributed by atoms with van der Waals surface area (Å²) in [4.78, 5) is 42.6. The monoisotopic (exact) mass is 473 g/mol. The van der Waals surface area contributed by atoms with Crippen molar-refractivity contribution in [3.05, 3.63) is 61.8 Å². The summed E-state index contributed by atoms with van der Waals surface area (Å²) < 4.78 is 14.9. The van der Waals surface area contributed by atoms with E-state index in [4.69, 9.17) is 11.6 Å². The van der Waals surface area contributed by atoms with Crippen molar-refractivity contribution < 1.29 is 19.1 Å². The average Bonchev–Trinajstić information content (AvgIpc) is 3.43. The molecule has 3 aliphatic rings. The van der Waals surface area contributed by atoms with Crippen LogP contribution in [-0.4, -0.2) is 44.9 Å². The van der Waals surface area contributed by atoms with E-state index < -0.39 is 29.2 Å². The molecule has 174 valence electrons. The summed E-state index contributed by atoms with van der Waals surface area (Å²) in [5, 5.41) is 10.7. The molecule has 7 nitrogen and oxygen atoms in total. The van der Waals surface area contributed by atoms with Crippen molar-refractivity contribution in [3.8, 4) is 5.75 Å². The van der Waals surface area contributed by atoms with Crippen molar-refractivity contribution in [3.63, 3.8) is 0 Å². The Morgan fingerprint density at radius 2 is 1.91 bits per heavy atom. The second-order valence-corrected chi connectivity index (χ2v) is 9.81.